The highest BCUT2D eigenvalue weighted by atomic mass is 16.5. The average molecular weight is 334 g/mol. The number of hydrogen-bond donors (Lipinski definition) is 1. The second-order valence-electron chi connectivity index (χ2n) is 6.17. The van der Waals surface area contributed by atoms with Gasteiger partial charge in [-0.1, -0.05) is 5.16 Å². The number of carbonyl (C=O) groups excluding carboxylic acids is 1. The second kappa shape index (κ2) is 6.60. The number of methoxy groups -OCH3 is 1. The molecule has 2 atom stereocenters. The molecule has 9 heteroatoms. The molecule has 0 aromatic carbocycles. The summed E-state index contributed by atoms with van der Waals surface area (Å²) in [5, 5.41) is 10.9. The molecule has 3 heterocycles. The zero-order valence-corrected chi connectivity index (χ0v) is 14.3. The van der Waals surface area contributed by atoms with Gasteiger partial charge in [-0.3, -0.25) is 4.68 Å². The summed E-state index contributed by atoms with van der Waals surface area (Å²) in [6.45, 7) is 6.26. The van der Waals surface area contributed by atoms with E-state index in [2.05, 4.69) is 20.6 Å². The summed E-state index contributed by atoms with van der Waals surface area (Å²) in [6.07, 6.45) is 3.99. The Bertz CT molecular complexity index is 710. The van der Waals surface area contributed by atoms with Crippen molar-refractivity contribution in [2.24, 2.45) is 0 Å². The van der Waals surface area contributed by atoms with Gasteiger partial charge in [-0.2, -0.15) is 10.1 Å². The standard InChI is InChI=1S/C15H22N6O3/c1-9(2)21-7-11(6-16-21)18-15(22)20-8-12(23-4)5-13(20)14-17-10(3)19-24-14/h6-7,9,12-13H,5,8H2,1-4H3,(H,18,22)/t12-,13+/m0/s1. The van der Waals surface area contributed by atoms with Gasteiger partial charge >= 0.3 is 6.03 Å². The number of rotatable bonds is 4. The molecule has 1 aliphatic heterocycles. The number of aryl methyl sites for hydroxylation is 1. The number of hydrogen-bond acceptors (Lipinski definition) is 6. The van der Waals surface area contributed by atoms with Crippen molar-refractivity contribution < 1.29 is 14.1 Å². The number of urea groups is 1. The van der Waals surface area contributed by atoms with Gasteiger partial charge in [-0.05, 0) is 20.8 Å². The van der Waals surface area contributed by atoms with Crippen LogP contribution in [0, 0.1) is 6.92 Å². The maximum atomic E-state index is 12.7. The Balaban J connectivity index is 1.75. The fraction of sp³-hybridized carbons (Fsp3) is 0.600. The summed E-state index contributed by atoms with van der Waals surface area (Å²) in [5.41, 5.74) is 0.648. The lowest BCUT2D eigenvalue weighted by atomic mass is 10.2. The molecule has 1 N–H and O–H groups in total. The Hall–Kier alpha value is -2.42. The highest BCUT2D eigenvalue weighted by molar-refractivity contribution is 5.89. The molecule has 0 radical (unpaired) electrons. The van der Waals surface area contributed by atoms with E-state index >= 15 is 0 Å². The van der Waals surface area contributed by atoms with Gasteiger partial charge in [-0.25, -0.2) is 4.79 Å². The third kappa shape index (κ3) is 3.25. The number of nitrogens with zero attached hydrogens (tertiary/aromatic N) is 5. The predicted octanol–water partition coefficient (Wildman–Crippen LogP) is 2.15. The lowest BCUT2D eigenvalue weighted by Gasteiger charge is -2.21. The maximum Gasteiger partial charge on any atom is 0.322 e. The van der Waals surface area contributed by atoms with E-state index in [0.29, 0.717) is 30.4 Å². The number of aromatic nitrogens is 4. The van der Waals surface area contributed by atoms with Crippen LogP contribution in [0.15, 0.2) is 16.9 Å². The lowest BCUT2D eigenvalue weighted by Crippen LogP contribution is -2.35. The van der Waals surface area contributed by atoms with Crippen LogP contribution in [0.1, 0.15) is 44.1 Å². The molecule has 0 bridgehead atoms. The lowest BCUT2D eigenvalue weighted by molar-refractivity contribution is 0.111. The van der Waals surface area contributed by atoms with Gasteiger partial charge in [0.2, 0.25) is 5.89 Å². The van der Waals surface area contributed by atoms with Crippen molar-refractivity contribution in [3.63, 3.8) is 0 Å². The summed E-state index contributed by atoms with van der Waals surface area (Å²) in [4.78, 5) is 18.6. The van der Waals surface area contributed by atoms with Crippen molar-refractivity contribution in [1.82, 2.24) is 24.8 Å². The summed E-state index contributed by atoms with van der Waals surface area (Å²) in [7, 11) is 1.63. The van der Waals surface area contributed by atoms with E-state index in [9.17, 15) is 4.79 Å². The first-order valence-electron chi connectivity index (χ1n) is 7.92. The molecule has 24 heavy (non-hydrogen) atoms. The molecule has 3 rings (SSSR count). The second-order valence-corrected chi connectivity index (χ2v) is 6.17. The van der Waals surface area contributed by atoms with E-state index in [1.807, 2.05) is 13.8 Å². The quantitative estimate of drug-likeness (QED) is 0.920. The average Bonchev–Trinajstić information content (AvgIpc) is 3.25. The molecule has 0 unspecified atom stereocenters. The van der Waals surface area contributed by atoms with Crippen molar-refractivity contribution in [3.8, 4) is 0 Å². The van der Waals surface area contributed by atoms with Crippen LogP contribution in [-0.4, -0.2) is 50.6 Å². The smallest absolute Gasteiger partial charge is 0.322 e. The van der Waals surface area contributed by atoms with Gasteiger partial charge in [-0.15, -0.1) is 0 Å². The Morgan fingerprint density at radius 1 is 1.50 bits per heavy atom. The van der Waals surface area contributed by atoms with Crippen molar-refractivity contribution in [2.75, 3.05) is 19.0 Å². The molecule has 1 fully saturated rings. The van der Waals surface area contributed by atoms with Crippen molar-refractivity contribution >= 4 is 11.7 Å². The third-order valence-corrected chi connectivity index (χ3v) is 4.07. The van der Waals surface area contributed by atoms with E-state index in [-0.39, 0.29) is 24.2 Å². The molecular weight excluding hydrogens is 312 g/mol. The van der Waals surface area contributed by atoms with Gasteiger partial charge in [0.1, 0.15) is 6.04 Å². The number of anilines is 1. The van der Waals surface area contributed by atoms with Crippen LogP contribution in [0.2, 0.25) is 0 Å². The SMILES string of the molecule is CO[C@H]1C[C@H](c2nc(C)no2)N(C(=O)Nc2cnn(C(C)C)c2)C1. The number of amides is 2. The molecule has 2 aromatic heterocycles. The first-order valence-corrected chi connectivity index (χ1v) is 7.92. The van der Waals surface area contributed by atoms with Gasteiger partial charge in [0, 0.05) is 32.3 Å². The first kappa shape index (κ1) is 16.4. The van der Waals surface area contributed by atoms with Gasteiger partial charge in [0.15, 0.2) is 5.82 Å². The monoisotopic (exact) mass is 334 g/mol. The van der Waals surface area contributed by atoms with Crippen LogP contribution < -0.4 is 5.32 Å². The van der Waals surface area contributed by atoms with Crippen LogP contribution in [0.4, 0.5) is 10.5 Å². The Labute approximate surface area is 140 Å². The number of likely N-dealkylation sites (tertiary alicyclic amines) is 1. The van der Waals surface area contributed by atoms with Crippen LogP contribution in [0.3, 0.4) is 0 Å². The van der Waals surface area contributed by atoms with Gasteiger partial charge in [0.25, 0.3) is 0 Å². The van der Waals surface area contributed by atoms with Crippen LogP contribution in [0.25, 0.3) is 0 Å². The van der Waals surface area contributed by atoms with Crippen molar-refractivity contribution in [1.29, 1.82) is 0 Å². The fourth-order valence-electron chi connectivity index (χ4n) is 2.76. The molecule has 1 aliphatic rings. The minimum atomic E-state index is -0.295. The number of carbonyl (C=O) groups is 1. The largest absolute Gasteiger partial charge is 0.380 e. The number of nitrogens with one attached hydrogen (secondary N) is 1. The molecule has 2 amide bonds. The van der Waals surface area contributed by atoms with Crippen LogP contribution in [0.5, 0.6) is 0 Å². The molecule has 0 saturated carbocycles. The Kier molecular flexibility index (Phi) is 4.52. The fourth-order valence-corrected chi connectivity index (χ4v) is 2.76. The van der Waals surface area contributed by atoms with Gasteiger partial charge < -0.3 is 19.5 Å². The van der Waals surface area contributed by atoms with Gasteiger partial charge in [0.05, 0.1) is 18.0 Å². The zero-order valence-electron chi connectivity index (χ0n) is 14.3. The van der Waals surface area contributed by atoms with E-state index in [1.165, 1.54) is 0 Å². The van der Waals surface area contributed by atoms with Crippen molar-refractivity contribution in [3.05, 3.63) is 24.1 Å². The summed E-state index contributed by atoms with van der Waals surface area (Å²) >= 11 is 0. The third-order valence-electron chi connectivity index (χ3n) is 4.07. The first-order chi connectivity index (χ1) is 11.5. The van der Waals surface area contributed by atoms with Crippen LogP contribution in [-0.2, 0) is 4.74 Å². The minimum absolute atomic E-state index is 0.0636. The maximum absolute atomic E-state index is 12.7. The van der Waals surface area contributed by atoms with E-state index in [4.69, 9.17) is 9.26 Å². The van der Waals surface area contributed by atoms with E-state index in [0.717, 1.165) is 0 Å². The topological polar surface area (TPSA) is 98.3 Å². The van der Waals surface area contributed by atoms with Crippen molar-refractivity contribution in [2.45, 2.75) is 45.4 Å². The molecule has 130 valence electrons. The predicted molar refractivity (Wildman–Crippen MR) is 85.5 cm³/mol. The zero-order chi connectivity index (χ0) is 17.3. The molecule has 0 aliphatic carbocycles. The molecule has 0 spiro atoms. The summed E-state index contributed by atoms with van der Waals surface area (Å²) < 4.78 is 12.4. The molecule has 9 nitrogen and oxygen atoms in total. The van der Waals surface area contributed by atoms with Crippen LogP contribution >= 0.6 is 0 Å². The Morgan fingerprint density at radius 2 is 2.29 bits per heavy atom. The Morgan fingerprint density at radius 3 is 2.88 bits per heavy atom. The summed E-state index contributed by atoms with van der Waals surface area (Å²) in [6, 6.07) is -0.301. The highest BCUT2D eigenvalue weighted by Gasteiger charge is 2.39. The molecular formula is C15H22N6O3. The minimum Gasteiger partial charge on any atom is -0.380 e. The highest BCUT2D eigenvalue weighted by Crippen LogP contribution is 2.33. The van der Waals surface area contributed by atoms with E-state index in [1.54, 1.807) is 36.0 Å². The molecule has 2 aromatic rings. The van der Waals surface area contributed by atoms with E-state index < -0.39 is 0 Å². The molecule has 1 saturated heterocycles. The number of ether oxygens (including phenoxy) is 1. The normalized spacial score (nSPS) is 20.8. The summed E-state index contributed by atoms with van der Waals surface area (Å²) in [5.74, 6) is 0.976.